The second kappa shape index (κ2) is 4.26. The number of benzene rings is 1. The monoisotopic (exact) mass is 223 g/mol. The van der Waals surface area contributed by atoms with Gasteiger partial charge < -0.3 is 5.73 Å². The molecule has 3 nitrogen and oxygen atoms in total. The molecule has 2 rings (SSSR count). The smallest absolute Gasteiger partial charge is 0.142 e. The number of aromatic nitrogens is 1. The quantitative estimate of drug-likeness (QED) is 0.808. The molecule has 0 atom stereocenters. The Labute approximate surface area is 101 Å². The first kappa shape index (κ1) is 11.2. The Morgan fingerprint density at radius 3 is 2.65 bits per heavy atom. The molecule has 0 aliphatic heterocycles. The Bertz CT molecular complexity index is 609. The fraction of sp³-hybridized carbons (Fsp3) is 0.143. The number of nitrogens with two attached hydrogens (primary N) is 1. The van der Waals surface area contributed by atoms with E-state index in [4.69, 9.17) is 11.0 Å². The highest BCUT2D eigenvalue weighted by Gasteiger charge is 2.10. The van der Waals surface area contributed by atoms with E-state index in [0.29, 0.717) is 11.4 Å². The van der Waals surface area contributed by atoms with E-state index in [0.717, 1.165) is 22.4 Å². The van der Waals surface area contributed by atoms with Gasteiger partial charge in [-0.05, 0) is 25.5 Å². The van der Waals surface area contributed by atoms with Crippen LogP contribution in [0.3, 0.4) is 0 Å². The van der Waals surface area contributed by atoms with Gasteiger partial charge in [0.15, 0.2) is 0 Å². The molecule has 84 valence electrons. The maximum atomic E-state index is 9.15. The van der Waals surface area contributed by atoms with Crippen molar-refractivity contribution in [3.63, 3.8) is 0 Å². The Kier molecular flexibility index (Phi) is 2.80. The molecule has 1 aromatic carbocycles. The molecular weight excluding hydrogens is 210 g/mol. The van der Waals surface area contributed by atoms with Gasteiger partial charge in [0.1, 0.15) is 17.5 Å². The van der Waals surface area contributed by atoms with Crippen LogP contribution in [0.4, 0.5) is 5.82 Å². The number of hydrogen-bond donors (Lipinski definition) is 1. The Balaban J connectivity index is 2.71. The first-order chi connectivity index (χ1) is 8.11. The predicted octanol–water partition coefficient (Wildman–Crippen LogP) is 2.82. The maximum Gasteiger partial charge on any atom is 0.142 e. The molecule has 1 heterocycles. The van der Waals surface area contributed by atoms with Gasteiger partial charge in [0.05, 0.1) is 0 Å². The summed E-state index contributed by atoms with van der Waals surface area (Å²) in [5, 5.41) is 9.15. The molecule has 2 N–H and O–H groups in total. The molecule has 0 aliphatic rings. The highest BCUT2D eigenvalue weighted by molar-refractivity contribution is 5.75. The van der Waals surface area contributed by atoms with Crippen LogP contribution < -0.4 is 5.73 Å². The molecule has 17 heavy (non-hydrogen) atoms. The summed E-state index contributed by atoms with van der Waals surface area (Å²) in [6.07, 6.45) is 0. The van der Waals surface area contributed by atoms with Gasteiger partial charge in [0, 0.05) is 11.3 Å². The minimum Gasteiger partial charge on any atom is -0.383 e. The van der Waals surface area contributed by atoms with E-state index in [1.54, 1.807) is 0 Å². The normalized spacial score (nSPS) is 9.94. The van der Waals surface area contributed by atoms with E-state index >= 15 is 0 Å². The largest absolute Gasteiger partial charge is 0.383 e. The van der Waals surface area contributed by atoms with Crippen molar-refractivity contribution < 1.29 is 0 Å². The first-order valence-corrected chi connectivity index (χ1v) is 5.36. The van der Waals surface area contributed by atoms with Gasteiger partial charge in [0.2, 0.25) is 0 Å². The van der Waals surface area contributed by atoms with Crippen LogP contribution in [0.2, 0.25) is 0 Å². The van der Waals surface area contributed by atoms with Crippen molar-refractivity contribution in [3.8, 4) is 17.2 Å². The third-order valence-corrected chi connectivity index (χ3v) is 2.62. The molecule has 0 saturated carbocycles. The van der Waals surface area contributed by atoms with Crippen LogP contribution in [0.15, 0.2) is 30.3 Å². The van der Waals surface area contributed by atoms with E-state index in [1.165, 1.54) is 0 Å². The van der Waals surface area contributed by atoms with Crippen molar-refractivity contribution >= 4 is 5.82 Å². The number of hydrogen-bond acceptors (Lipinski definition) is 3. The van der Waals surface area contributed by atoms with Gasteiger partial charge in [-0.1, -0.05) is 29.8 Å². The zero-order chi connectivity index (χ0) is 12.4. The number of anilines is 1. The molecule has 0 saturated heterocycles. The molecule has 0 aliphatic carbocycles. The number of nitrogens with zero attached hydrogens (tertiary/aromatic N) is 2. The zero-order valence-electron chi connectivity index (χ0n) is 9.86. The molecule has 0 fully saturated rings. The number of aryl methyl sites for hydroxylation is 2. The van der Waals surface area contributed by atoms with Crippen molar-refractivity contribution in [3.05, 3.63) is 47.2 Å². The van der Waals surface area contributed by atoms with Gasteiger partial charge in [-0.2, -0.15) is 5.26 Å². The lowest BCUT2D eigenvalue weighted by atomic mass is 9.99. The minimum absolute atomic E-state index is 0.295. The summed E-state index contributed by atoms with van der Waals surface area (Å²) < 4.78 is 0. The van der Waals surface area contributed by atoms with Crippen molar-refractivity contribution in [2.75, 3.05) is 5.73 Å². The van der Waals surface area contributed by atoms with E-state index in [1.807, 2.05) is 44.2 Å². The molecule has 3 heteroatoms. The molecular formula is C14H13N3. The van der Waals surface area contributed by atoms with E-state index in [2.05, 4.69) is 11.1 Å². The van der Waals surface area contributed by atoms with Crippen LogP contribution >= 0.6 is 0 Å². The standard InChI is InChI=1S/C14H13N3/c1-9-4-3-5-11(6-9)12-7-10(2)17-14(16)13(12)8-15/h3-7H,1-2H3,(H2,16,17). The van der Waals surface area contributed by atoms with Gasteiger partial charge in [0.25, 0.3) is 0 Å². The Morgan fingerprint density at radius 2 is 2.00 bits per heavy atom. The van der Waals surface area contributed by atoms with Crippen molar-refractivity contribution in [2.45, 2.75) is 13.8 Å². The van der Waals surface area contributed by atoms with Crippen LogP contribution in [0, 0.1) is 25.2 Å². The van der Waals surface area contributed by atoms with E-state index < -0.39 is 0 Å². The molecule has 1 aromatic heterocycles. The molecule has 0 bridgehead atoms. The lowest BCUT2D eigenvalue weighted by Gasteiger charge is -2.08. The second-order valence-corrected chi connectivity index (χ2v) is 4.05. The van der Waals surface area contributed by atoms with Gasteiger partial charge in [-0.25, -0.2) is 4.98 Å². The fourth-order valence-corrected chi connectivity index (χ4v) is 1.85. The first-order valence-electron chi connectivity index (χ1n) is 5.36. The number of nitrogen functional groups attached to an aromatic ring is 1. The lowest BCUT2D eigenvalue weighted by molar-refractivity contribution is 1.20. The number of nitriles is 1. The molecule has 0 spiro atoms. The highest BCUT2D eigenvalue weighted by Crippen LogP contribution is 2.27. The topological polar surface area (TPSA) is 62.7 Å². The van der Waals surface area contributed by atoms with Crippen LogP contribution in [-0.2, 0) is 0 Å². The summed E-state index contributed by atoms with van der Waals surface area (Å²) in [5.74, 6) is 0.295. The summed E-state index contributed by atoms with van der Waals surface area (Å²) in [6.45, 7) is 3.89. The van der Waals surface area contributed by atoms with Gasteiger partial charge >= 0.3 is 0 Å². The third kappa shape index (κ3) is 2.11. The summed E-state index contributed by atoms with van der Waals surface area (Å²) >= 11 is 0. The average molecular weight is 223 g/mol. The summed E-state index contributed by atoms with van der Waals surface area (Å²) in [4.78, 5) is 4.11. The number of pyridine rings is 1. The van der Waals surface area contributed by atoms with Gasteiger partial charge in [-0.3, -0.25) is 0 Å². The van der Waals surface area contributed by atoms with Crippen molar-refractivity contribution in [2.24, 2.45) is 0 Å². The Morgan fingerprint density at radius 1 is 1.24 bits per heavy atom. The van der Waals surface area contributed by atoms with Crippen LogP contribution in [0.1, 0.15) is 16.8 Å². The minimum atomic E-state index is 0.295. The van der Waals surface area contributed by atoms with Crippen LogP contribution in [-0.4, -0.2) is 4.98 Å². The molecule has 2 aromatic rings. The van der Waals surface area contributed by atoms with Crippen LogP contribution in [0.25, 0.3) is 11.1 Å². The molecule has 0 unspecified atom stereocenters. The maximum absolute atomic E-state index is 9.15. The van der Waals surface area contributed by atoms with Crippen molar-refractivity contribution in [1.82, 2.24) is 4.98 Å². The van der Waals surface area contributed by atoms with E-state index in [9.17, 15) is 0 Å². The fourth-order valence-electron chi connectivity index (χ4n) is 1.85. The highest BCUT2D eigenvalue weighted by atomic mass is 14.8. The summed E-state index contributed by atoms with van der Waals surface area (Å²) in [5.41, 5.74) is 10.0. The summed E-state index contributed by atoms with van der Waals surface area (Å²) in [7, 11) is 0. The lowest BCUT2D eigenvalue weighted by Crippen LogP contribution is -1.99. The summed E-state index contributed by atoms with van der Waals surface area (Å²) in [6, 6.07) is 12.0. The zero-order valence-corrected chi connectivity index (χ0v) is 9.86. The molecule has 0 radical (unpaired) electrons. The molecule has 0 amide bonds. The van der Waals surface area contributed by atoms with E-state index in [-0.39, 0.29) is 0 Å². The van der Waals surface area contributed by atoms with Crippen molar-refractivity contribution in [1.29, 1.82) is 5.26 Å². The average Bonchev–Trinajstić information content (AvgIpc) is 2.28. The third-order valence-electron chi connectivity index (χ3n) is 2.62. The predicted molar refractivity (Wildman–Crippen MR) is 68.3 cm³/mol. The number of rotatable bonds is 1. The van der Waals surface area contributed by atoms with Crippen LogP contribution in [0.5, 0.6) is 0 Å². The van der Waals surface area contributed by atoms with Gasteiger partial charge in [-0.15, -0.1) is 0 Å². The SMILES string of the molecule is Cc1cccc(-c2cc(C)nc(N)c2C#N)c1. The Hall–Kier alpha value is -2.34. The second-order valence-electron chi connectivity index (χ2n) is 4.05.